The van der Waals surface area contributed by atoms with Crippen molar-refractivity contribution in [2.75, 3.05) is 5.32 Å². The van der Waals surface area contributed by atoms with Crippen molar-refractivity contribution >= 4 is 29.2 Å². The van der Waals surface area contributed by atoms with Gasteiger partial charge in [0.1, 0.15) is 5.82 Å². The first-order valence-corrected chi connectivity index (χ1v) is 10.7. The molecule has 0 bridgehead atoms. The number of hydrogen-bond acceptors (Lipinski definition) is 3. The summed E-state index contributed by atoms with van der Waals surface area (Å²) in [6.45, 7) is 4.87. The van der Waals surface area contributed by atoms with Gasteiger partial charge in [0.2, 0.25) is 5.91 Å². The van der Waals surface area contributed by atoms with Gasteiger partial charge in [-0.15, -0.1) is 0 Å². The predicted molar refractivity (Wildman–Crippen MR) is 120 cm³/mol. The Morgan fingerprint density at radius 2 is 2.00 bits per heavy atom. The fraction of sp³-hybridized carbons (Fsp3) is 0.292. The van der Waals surface area contributed by atoms with E-state index in [0.29, 0.717) is 41.1 Å². The lowest BCUT2D eigenvalue weighted by Crippen LogP contribution is -2.28. The van der Waals surface area contributed by atoms with Crippen LogP contribution in [-0.4, -0.2) is 26.8 Å². The van der Waals surface area contributed by atoms with Crippen molar-refractivity contribution in [3.8, 4) is 11.1 Å². The largest absolute Gasteiger partial charge is 0.478 e. The Balaban J connectivity index is 1.60. The molecule has 1 aromatic heterocycles. The van der Waals surface area contributed by atoms with Crippen LogP contribution < -0.4 is 5.32 Å². The van der Waals surface area contributed by atoms with Gasteiger partial charge < -0.3 is 10.4 Å². The number of rotatable bonds is 7. The van der Waals surface area contributed by atoms with Gasteiger partial charge in [0.15, 0.2) is 0 Å². The zero-order chi connectivity index (χ0) is 23.0. The van der Waals surface area contributed by atoms with E-state index in [1.54, 1.807) is 29.1 Å². The molecular formula is C24H23ClFN3O3. The number of carbonyl (C=O) groups excluding carboxylic acids is 1. The van der Waals surface area contributed by atoms with Crippen LogP contribution in [0.3, 0.4) is 0 Å². The van der Waals surface area contributed by atoms with Crippen LogP contribution in [0.1, 0.15) is 42.6 Å². The Labute approximate surface area is 190 Å². The number of anilines is 1. The van der Waals surface area contributed by atoms with Crippen molar-refractivity contribution in [1.29, 1.82) is 0 Å². The minimum atomic E-state index is -1.11. The van der Waals surface area contributed by atoms with Crippen LogP contribution in [0.5, 0.6) is 0 Å². The fourth-order valence-electron chi connectivity index (χ4n) is 3.90. The van der Waals surface area contributed by atoms with E-state index >= 15 is 0 Å². The van der Waals surface area contributed by atoms with Crippen molar-refractivity contribution < 1.29 is 19.1 Å². The van der Waals surface area contributed by atoms with Crippen LogP contribution in [-0.2, 0) is 16.8 Å². The SMILES string of the molecule is CC(C)Cn1cc(-c2ccc(NC(=O)C3(c4ccc(Cl)cc4F)CC3)cc2C(=O)O)cn1. The normalized spacial score (nSPS) is 14.4. The molecule has 8 heteroatoms. The molecule has 0 radical (unpaired) electrons. The van der Waals surface area contributed by atoms with Crippen molar-refractivity contribution in [1.82, 2.24) is 9.78 Å². The molecule has 6 nitrogen and oxygen atoms in total. The Kier molecular flexibility index (Phi) is 5.77. The Morgan fingerprint density at radius 1 is 1.25 bits per heavy atom. The number of hydrogen-bond donors (Lipinski definition) is 2. The van der Waals surface area contributed by atoms with Crippen LogP contribution in [0.25, 0.3) is 11.1 Å². The summed E-state index contributed by atoms with van der Waals surface area (Å²) in [4.78, 5) is 24.9. The van der Waals surface area contributed by atoms with Gasteiger partial charge in [-0.05, 0) is 48.6 Å². The molecule has 0 saturated heterocycles. The first-order valence-electron chi connectivity index (χ1n) is 10.4. The Bertz CT molecular complexity index is 1200. The third-order valence-corrected chi connectivity index (χ3v) is 5.87. The topological polar surface area (TPSA) is 84.2 Å². The number of amides is 1. The first-order chi connectivity index (χ1) is 15.2. The maximum Gasteiger partial charge on any atom is 0.336 e. The van der Waals surface area contributed by atoms with Crippen molar-refractivity contribution in [2.24, 2.45) is 5.92 Å². The number of aromatic carboxylic acids is 1. The fourth-order valence-corrected chi connectivity index (χ4v) is 4.06. The second-order valence-electron chi connectivity index (χ2n) is 8.57. The minimum absolute atomic E-state index is 0.0504. The zero-order valence-electron chi connectivity index (χ0n) is 17.7. The molecule has 32 heavy (non-hydrogen) atoms. The number of halogens is 2. The van der Waals surface area contributed by atoms with Gasteiger partial charge in [-0.25, -0.2) is 9.18 Å². The van der Waals surface area contributed by atoms with Crippen LogP contribution >= 0.6 is 11.6 Å². The molecule has 4 rings (SSSR count). The Hall–Kier alpha value is -3.19. The average Bonchev–Trinajstić information content (AvgIpc) is 3.40. The predicted octanol–water partition coefficient (Wildman–Crippen LogP) is 5.37. The van der Waals surface area contributed by atoms with Gasteiger partial charge in [-0.2, -0.15) is 5.10 Å². The summed E-state index contributed by atoms with van der Waals surface area (Å²) in [6.07, 6.45) is 4.46. The summed E-state index contributed by atoms with van der Waals surface area (Å²) in [5.74, 6) is -1.60. The number of nitrogens with zero attached hydrogens (tertiary/aromatic N) is 2. The van der Waals surface area contributed by atoms with Crippen molar-refractivity contribution in [3.05, 3.63) is 70.8 Å². The highest BCUT2D eigenvalue weighted by molar-refractivity contribution is 6.30. The van der Waals surface area contributed by atoms with Crippen molar-refractivity contribution in [3.63, 3.8) is 0 Å². The highest BCUT2D eigenvalue weighted by Gasteiger charge is 2.52. The van der Waals surface area contributed by atoms with Gasteiger partial charge in [0, 0.05) is 34.6 Å². The van der Waals surface area contributed by atoms with E-state index in [0.717, 1.165) is 6.54 Å². The number of nitrogens with one attached hydrogen (secondary N) is 1. The van der Waals surface area contributed by atoms with E-state index < -0.39 is 17.2 Å². The summed E-state index contributed by atoms with van der Waals surface area (Å²) in [5, 5.41) is 17.1. The zero-order valence-corrected chi connectivity index (χ0v) is 18.5. The summed E-state index contributed by atoms with van der Waals surface area (Å²) < 4.78 is 16.2. The molecule has 1 fully saturated rings. The highest BCUT2D eigenvalue weighted by Crippen LogP contribution is 2.50. The van der Waals surface area contributed by atoms with E-state index in [1.165, 1.54) is 18.2 Å². The maximum atomic E-state index is 14.4. The third-order valence-electron chi connectivity index (χ3n) is 5.64. The lowest BCUT2D eigenvalue weighted by molar-refractivity contribution is -0.118. The summed E-state index contributed by atoms with van der Waals surface area (Å²) in [5.41, 5.74) is 0.917. The van der Waals surface area contributed by atoms with Gasteiger partial charge in [0.05, 0.1) is 17.2 Å². The van der Waals surface area contributed by atoms with E-state index in [9.17, 15) is 19.1 Å². The number of benzene rings is 2. The number of aromatic nitrogens is 2. The van der Waals surface area contributed by atoms with Crippen LogP contribution in [0.4, 0.5) is 10.1 Å². The van der Waals surface area contributed by atoms with Gasteiger partial charge in [-0.3, -0.25) is 9.48 Å². The molecule has 1 saturated carbocycles. The second kappa shape index (κ2) is 8.39. The van der Waals surface area contributed by atoms with Crippen molar-refractivity contribution in [2.45, 2.75) is 38.6 Å². The molecule has 1 aliphatic rings. The molecule has 3 aromatic rings. The maximum absolute atomic E-state index is 14.4. The molecule has 2 N–H and O–H groups in total. The summed E-state index contributed by atoms with van der Waals surface area (Å²) >= 11 is 5.83. The molecule has 0 aliphatic heterocycles. The van der Waals surface area contributed by atoms with Gasteiger partial charge in [0.25, 0.3) is 0 Å². The smallest absolute Gasteiger partial charge is 0.336 e. The monoisotopic (exact) mass is 455 g/mol. The van der Waals surface area contributed by atoms with E-state index in [-0.39, 0.29) is 16.5 Å². The Morgan fingerprint density at radius 3 is 2.62 bits per heavy atom. The number of carboxylic acids is 1. The lowest BCUT2D eigenvalue weighted by Gasteiger charge is -2.17. The number of carboxylic acid groups (broad SMARTS) is 1. The highest BCUT2D eigenvalue weighted by atomic mass is 35.5. The van der Waals surface area contributed by atoms with Crippen LogP contribution in [0.2, 0.25) is 5.02 Å². The molecule has 1 aliphatic carbocycles. The summed E-state index contributed by atoms with van der Waals surface area (Å²) in [6, 6.07) is 9.01. The molecule has 1 heterocycles. The van der Waals surface area contributed by atoms with Gasteiger partial charge >= 0.3 is 5.97 Å². The molecule has 0 atom stereocenters. The minimum Gasteiger partial charge on any atom is -0.478 e. The molecule has 0 unspecified atom stereocenters. The molecule has 166 valence electrons. The molecule has 2 aromatic carbocycles. The second-order valence-corrected chi connectivity index (χ2v) is 9.01. The standard InChI is InChI=1S/C24H23ClFN3O3/c1-14(2)12-29-13-15(11-27-29)18-5-4-17(10-19(18)22(30)31)28-23(32)24(7-8-24)20-6-3-16(25)9-21(20)26/h3-6,9-11,13-14H,7-8,12H2,1-2H3,(H,28,32)(H,30,31). The summed E-state index contributed by atoms with van der Waals surface area (Å²) in [7, 11) is 0. The average molecular weight is 456 g/mol. The molecule has 1 amide bonds. The lowest BCUT2D eigenvalue weighted by atomic mass is 9.94. The van der Waals surface area contributed by atoms with E-state index in [2.05, 4.69) is 24.3 Å². The van der Waals surface area contributed by atoms with Crippen LogP contribution in [0.15, 0.2) is 48.8 Å². The van der Waals surface area contributed by atoms with Crippen LogP contribution in [0, 0.1) is 11.7 Å². The first kappa shape index (κ1) is 22.0. The van der Waals surface area contributed by atoms with E-state index in [4.69, 9.17) is 11.6 Å². The molecule has 0 spiro atoms. The quantitative estimate of drug-likeness (QED) is 0.501. The molecular weight excluding hydrogens is 433 g/mol. The number of carbonyl (C=O) groups is 2. The third kappa shape index (κ3) is 4.25. The van der Waals surface area contributed by atoms with Gasteiger partial charge in [-0.1, -0.05) is 37.6 Å². The van der Waals surface area contributed by atoms with E-state index in [1.807, 2.05) is 6.20 Å².